The van der Waals surface area contributed by atoms with Gasteiger partial charge in [-0.3, -0.25) is 11.3 Å². The van der Waals surface area contributed by atoms with Gasteiger partial charge in [-0.25, -0.2) is 0 Å². The van der Waals surface area contributed by atoms with Gasteiger partial charge >= 0.3 is 0 Å². The molecule has 2 saturated carbocycles. The molecule has 3 rings (SSSR count). The molecule has 0 radical (unpaired) electrons. The zero-order valence-corrected chi connectivity index (χ0v) is 12.2. The maximum absolute atomic E-state index is 5.82. The number of rotatable bonds is 4. The highest BCUT2D eigenvalue weighted by molar-refractivity contribution is 9.10. The molecule has 4 atom stereocenters. The average Bonchev–Trinajstić information content (AvgIpc) is 3.00. The molecular weight excluding hydrogens is 288 g/mol. The minimum atomic E-state index is 0.430. The molecule has 2 bridgehead atoms. The molecule has 0 saturated heterocycles. The molecule has 0 amide bonds. The summed E-state index contributed by atoms with van der Waals surface area (Å²) in [5, 5.41) is 0. The quantitative estimate of drug-likeness (QED) is 0.662. The fraction of sp³-hybridized carbons (Fsp3) is 0.600. The van der Waals surface area contributed by atoms with Crippen molar-refractivity contribution in [3.8, 4) is 0 Å². The normalized spacial score (nSPS) is 31.8. The largest absolute Gasteiger partial charge is 0.271 e. The van der Waals surface area contributed by atoms with Gasteiger partial charge in [-0.05, 0) is 55.1 Å². The van der Waals surface area contributed by atoms with Crippen LogP contribution in [0.3, 0.4) is 0 Å². The van der Waals surface area contributed by atoms with Crippen LogP contribution in [-0.2, 0) is 6.42 Å². The standard InChI is InChI=1S/C15H21BrN2/c16-14-4-2-1-3-12(14)9-15(18-17)13-8-10-5-6-11(13)7-10/h1-4,10-11,13,15,18H,5-9,17H2. The van der Waals surface area contributed by atoms with Crippen molar-refractivity contribution in [1.82, 2.24) is 5.43 Å². The molecule has 18 heavy (non-hydrogen) atoms. The number of nitrogens with two attached hydrogens (primary N) is 1. The average molecular weight is 309 g/mol. The highest BCUT2D eigenvalue weighted by Crippen LogP contribution is 2.49. The first-order valence-corrected chi connectivity index (χ1v) is 7.76. The Morgan fingerprint density at radius 2 is 2.11 bits per heavy atom. The zero-order chi connectivity index (χ0) is 12.5. The molecule has 2 aliphatic rings. The Kier molecular flexibility index (Phi) is 3.73. The molecule has 1 aromatic rings. The lowest BCUT2D eigenvalue weighted by Gasteiger charge is -2.30. The van der Waals surface area contributed by atoms with Crippen molar-refractivity contribution in [2.24, 2.45) is 23.6 Å². The lowest BCUT2D eigenvalue weighted by molar-refractivity contribution is 0.248. The number of nitrogens with one attached hydrogen (secondary N) is 1. The van der Waals surface area contributed by atoms with Crippen LogP contribution in [0.4, 0.5) is 0 Å². The van der Waals surface area contributed by atoms with Crippen LogP contribution in [0, 0.1) is 17.8 Å². The van der Waals surface area contributed by atoms with E-state index in [9.17, 15) is 0 Å². The van der Waals surface area contributed by atoms with E-state index in [0.29, 0.717) is 6.04 Å². The van der Waals surface area contributed by atoms with E-state index in [2.05, 4.69) is 45.6 Å². The van der Waals surface area contributed by atoms with Crippen molar-refractivity contribution in [2.45, 2.75) is 38.1 Å². The van der Waals surface area contributed by atoms with Gasteiger partial charge in [0.25, 0.3) is 0 Å². The minimum absolute atomic E-state index is 0.430. The Morgan fingerprint density at radius 3 is 2.72 bits per heavy atom. The van der Waals surface area contributed by atoms with E-state index in [1.165, 1.54) is 35.7 Å². The van der Waals surface area contributed by atoms with Crippen LogP contribution in [0.1, 0.15) is 31.2 Å². The molecular formula is C15H21BrN2. The molecule has 2 aliphatic carbocycles. The molecule has 3 N–H and O–H groups in total. The Labute approximate surface area is 117 Å². The van der Waals surface area contributed by atoms with Crippen LogP contribution in [0.15, 0.2) is 28.7 Å². The van der Waals surface area contributed by atoms with Gasteiger partial charge in [0.2, 0.25) is 0 Å². The summed E-state index contributed by atoms with van der Waals surface area (Å²) in [4.78, 5) is 0. The summed E-state index contributed by atoms with van der Waals surface area (Å²) in [6.45, 7) is 0. The Hall–Kier alpha value is -0.380. The Morgan fingerprint density at radius 1 is 1.28 bits per heavy atom. The number of hydrogen-bond donors (Lipinski definition) is 2. The van der Waals surface area contributed by atoms with E-state index in [1.54, 1.807) is 0 Å². The molecule has 4 unspecified atom stereocenters. The summed E-state index contributed by atoms with van der Waals surface area (Å²) in [6, 6.07) is 8.91. The summed E-state index contributed by atoms with van der Waals surface area (Å²) in [5.41, 5.74) is 4.45. The van der Waals surface area contributed by atoms with E-state index < -0.39 is 0 Å². The fourth-order valence-electron chi connectivity index (χ4n) is 4.02. The minimum Gasteiger partial charge on any atom is -0.271 e. The highest BCUT2D eigenvalue weighted by Gasteiger charge is 2.42. The van der Waals surface area contributed by atoms with Gasteiger partial charge in [0.1, 0.15) is 0 Å². The summed E-state index contributed by atoms with van der Waals surface area (Å²) < 4.78 is 1.20. The predicted octanol–water partition coefficient (Wildman–Crippen LogP) is 3.26. The number of benzene rings is 1. The Balaban J connectivity index is 1.72. The van der Waals surface area contributed by atoms with Crippen LogP contribution >= 0.6 is 15.9 Å². The highest BCUT2D eigenvalue weighted by atomic mass is 79.9. The van der Waals surface area contributed by atoms with Crippen molar-refractivity contribution in [3.05, 3.63) is 34.3 Å². The number of halogens is 1. The smallest absolute Gasteiger partial charge is 0.0282 e. The number of fused-ring (bicyclic) bond motifs is 2. The van der Waals surface area contributed by atoms with Crippen LogP contribution in [0.2, 0.25) is 0 Å². The van der Waals surface area contributed by atoms with Gasteiger partial charge in [-0.15, -0.1) is 0 Å². The zero-order valence-electron chi connectivity index (χ0n) is 10.6. The first-order chi connectivity index (χ1) is 8.78. The second kappa shape index (κ2) is 5.32. The van der Waals surface area contributed by atoms with Gasteiger partial charge in [-0.1, -0.05) is 40.5 Å². The van der Waals surface area contributed by atoms with Crippen molar-refractivity contribution in [2.75, 3.05) is 0 Å². The molecule has 2 nitrogen and oxygen atoms in total. The third-order valence-corrected chi connectivity index (χ3v) is 5.69. The van der Waals surface area contributed by atoms with Crippen LogP contribution in [-0.4, -0.2) is 6.04 Å². The van der Waals surface area contributed by atoms with E-state index >= 15 is 0 Å². The maximum Gasteiger partial charge on any atom is 0.0282 e. The molecule has 2 fully saturated rings. The van der Waals surface area contributed by atoms with Gasteiger partial charge in [0.15, 0.2) is 0 Å². The van der Waals surface area contributed by atoms with E-state index in [4.69, 9.17) is 5.84 Å². The fourth-order valence-corrected chi connectivity index (χ4v) is 4.47. The number of hydrazine groups is 1. The third kappa shape index (κ3) is 2.36. The molecule has 1 aromatic carbocycles. The van der Waals surface area contributed by atoms with Crippen LogP contribution in [0.25, 0.3) is 0 Å². The topological polar surface area (TPSA) is 38.0 Å². The number of hydrogen-bond acceptors (Lipinski definition) is 2. The van der Waals surface area contributed by atoms with Crippen molar-refractivity contribution >= 4 is 15.9 Å². The molecule has 0 spiro atoms. The van der Waals surface area contributed by atoms with E-state index in [-0.39, 0.29) is 0 Å². The lowest BCUT2D eigenvalue weighted by Crippen LogP contribution is -2.44. The second-order valence-corrected chi connectivity index (χ2v) is 6.76. The van der Waals surface area contributed by atoms with Gasteiger partial charge < -0.3 is 0 Å². The van der Waals surface area contributed by atoms with E-state index in [1.807, 2.05) is 0 Å². The summed E-state index contributed by atoms with van der Waals surface area (Å²) >= 11 is 3.63. The summed E-state index contributed by atoms with van der Waals surface area (Å²) in [7, 11) is 0. The monoisotopic (exact) mass is 308 g/mol. The van der Waals surface area contributed by atoms with Gasteiger partial charge in [0.05, 0.1) is 0 Å². The first kappa shape index (κ1) is 12.6. The third-order valence-electron chi connectivity index (χ3n) is 4.92. The summed E-state index contributed by atoms with van der Waals surface area (Å²) in [5.74, 6) is 8.49. The maximum atomic E-state index is 5.82. The molecule has 0 aliphatic heterocycles. The second-order valence-electron chi connectivity index (χ2n) is 5.91. The lowest BCUT2D eigenvalue weighted by atomic mass is 9.81. The first-order valence-electron chi connectivity index (χ1n) is 6.97. The molecule has 98 valence electrons. The van der Waals surface area contributed by atoms with Crippen molar-refractivity contribution < 1.29 is 0 Å². The van der Waals surface area contributed by atoms with Crippen LogP contribution in [0.5, 0.6) is 0 Å². The predicted molar refractivity (Wildman–Crippen MR) is 77.9 cm³/mol. The van der Waals surface area contributed by atoms with Crippen molar-refractivity contribution in [1.29, 1.82) is 0 Å². The van der Waals surface area contributed by atoms with Gasteiger partial charge in [-0.2, -0.15) is 0 Å². The van der Waals surface area contributed by atoms with Gasteiger partial charge in [0, 0.05) is 10.5 Å². The SMILES string of the molecule is NNC(Cc1ccccc1Br)C1CC2CCC1C2. The Bertz CT molecular complexity index is 421. The van der Waals surface area contributed by atoms with Crippen LogP contribution < -0.4 is 11.3 Å². The molecule has 0 heterocycles. The van der Waals surface area contributed by atoms with Crippen molar-refractivity contribution in [3.63, 3.8) is 0 Å². The molecule has 0 aromatic heterocycles. The van der Waals surface area contributed by atoms with E-state index in [0.717, 1.165) is 24.2 Å². The summed E-state index contributed by atoms with van der Waals surface area (Å²) in [6.07, 6.45) is 6.73. The molecule has 3 heteroatoms.